The van der Waals surface area contributed by atoms with Crippen LogP contribution in [0.3, 0.4) is 0 Å². The number of nitrogens with one attached hydrogen (secondary N) is 1. The van der Waals surface area contributed by atoms with Crippen molar-refractivity contribution in [1.82, 2.24) is 9.97 Å². The summed E-state index contributed by atoms with van der Waals surface area (Å²) in [4.78, 5) is 25.2. The summed E-state index contributed by atoms with van der Waals surface area (Å²) in [6, 6.07) is 10.7. The van der Waals surface area contributed by atoms with Crippen LogP contribution in [0.1, 0.15) is 36.2 Å². The van der Waals surface area contributed by atoms with Gasteiger partial charge in [0, 0.05) is 18.7 Å². The highest BCUT2D eigenvalue weighted by atomic mass is 19.3. The highest BCUT2D eigenvalue weighted by Crippen LogP contribution is 2.34. The molecule has 0 fully saturated rings. The summed E-state index contributed by atoms with van der Waals surface area (Å²) in [7, 11) is 1.27. The molecule has 1 aliphatic rings. The van der Waals surface area contributed by atoms with Crippen molar-refractivity contribution in [2.24, 2.45) is 4.99 Å². The van der Waals surface area contributed by atoms with Crippen LogP contribution in [0.5, 0.6) is 5.88 Å². The summed E-state index contributed by atoms with van der Waals surface area (Å²) in [5, 5.41) is 2.62. The molecule has 0 aliphatic carbocycles. The number of fused-ring (bicyclic) bond motifs is 1. The van der Waals surface area contributed by atoms with Crippen molar-refractivity contribution in [2.75, 3.05) is 19.0 Å². The maximum absolute atomic E-state index is 13.8. The average molecular weight is 466 g/mol. The van der Waals surface area contributed by atoms with Crippen molar-refractivity contribution in [3.05, 3.63) is 71.2 Å². The molecule has 1 amide bonds. The molecule has 1 N–H and O–H groups in total. The van der Waals surface area contributed by atoms with Gasteiger partial charge in [-0.1, -0.05) is 24.3 Å². The third-order valence-corrected chi connectivity index (χ3v) is 5.31. The van der Waals surface area contributed by atoms with Gasteiger partial charge >= 0.3 is 0 Å². The number of ether oxygens (including phenoxy) is 2. The van der Waals surface area contributed by atoms with Crippen molar-refractivity contribution in [2.45, 2.75) is 32.7 Å². The Balaban J connectivity index is 1.44. The minimum absolute atomic E-state index is 0.0771. The lowest BCUT2D eigenvalue weighted by atomic mass is 10.0. The Labute approximate surface area is 195 Å². The second kappa shape index (κ2) is 9.54. The lowest BCUT2D eigenvalue weighted by Gasteiger charge is -2.15. The Morgan fingerprint density at radius 1 is 1.12 bits per heavy atom. The summed E-state index contributed by atoms with van der Waals surface area (Å²) in [6.45, 7) is 3.71. The van der Waals surface area contributed by atoms with E-state index >= 15 is 0 Å². The standard InChI is InChI=1S/C25H24F2N4O3/c1-4-34-23-19-10-17(12-28-21(19)14-30-23)16-7-5-15(6-8-16)9-22(32)31-18-11-20(25(2,26)27)24(33-3)29-13-18/h5-8,10-13H,4,9,14H2,1-3H3,(H,31,32). The van der Waals surface area contributed by atoms with E-state index in [-0.39, 0.29) is 23.9 Å². The van der Waals surface area contributed by atoms with E-state index in [2.05, 4.69) is 20.3 Å². The molecule has 0 unspecified atom stereocenters. The van der Waals surface area contributed by atoms with Crippen LogP contribution >= 0.6 is 0 Å². The first-order chi connectivity index (χ1) is 16.3. The van der Waals surface area contributed by atoms with Crippen molar-refractivity contribution >= 4 is 17.5 Å². The number of carbonyl (C=O) groups excluding carboxylic acids is 1. The van der Waals surface area contributed by atoms with Crippen LogP contribution in [-0.2, 0) is 28.4 Å². The number of halogens is 2. The summed E-state index contributed by atoms with van der Waals surface area (Å²) in [5.74, 6) is -3.07. The van der Waals surface area contributed by atoms with Crippen molar-refractivity contribution in [3.8, 4) is 17.0 Å². The second-order valence-electron chi connectivity index (χ2n) is 7.86. The van der Waals surface area contributed by atoms with Crippen LogP contribution in [0, 0.1) is 0 Å². The van der Waals surface area contributed by atoms with Gasteiger partial charge in [-0.15, -0.1) is 0 Å². The predicted molar refractivity (Wildman–Crippen MR) is 124 cm³/mol. The van der Waals surface area contributed by atoms with Crippen molar-refractivity contribution in [1.29, 1.82) is 0 Å². The topological polar surface area (TPSA) is 85.7 Å². The van der Waals surface area contributed by atoms with E-state index in [9.17, 15) is 13.6 Å². The summed E-state index contributed by atoms with van der Waals surface area (Å²) < 4.78 is 38.1. The van der Waals surface area contributed by atoms with Crippen LogP contribution < -0.4 is 10.1 Å². The number of hydrogen-bond acceptors (Lipinski definition) is 6. The number of anilines is 1. The van der Waals surface area contributed by atoms with Gasteiger partial charge < -0.3 is 14.8 Å². The van der Waals surface area contributed by atoms with Crippen LogP contribution in [0.2, 0.25) is 0 Å². The van der Waals surface area contributed by atoms with E-state index in [4.69, 9.17) is 9.47 Å². The summed E-state index contributed by atoms with van der Waals surface area (Å²) >= 11 is 0. The predicted octanol–water partition coefficient (Wildman–Crippen LogP) is 4.74. The monoisotopic (exact) mass is 466 g/mol. The summed E-state index contributed by atoms with van der Waals surface area (Å²) in [6.07, 6.45) is 3.16. The van der Waals surface area contributed by atoms with Gasteiger partial charge in [0.1, 0.15) is 0 Å². The van der Waals surface area contributed by atoms with Gasteiger partial charge in [0.2, 0.25) is 17.7 Å². The quantitative estimate of drug-likeness (QED) is 0.544. The number of aliphatic imine (C=N–C) groups is 1. The first kappa shape index (κ1) is 23.3. The van der Waals surface area contributed by atoms with Crippen LogP contribution in [0.15, 0.2) is 53.8 Å². The molecule has 3 aromatic rings. The average Bonchev–Trinajstić information content (AvgIpc) is 3.21. The molecule has 0 atom stereocenters. The van der Waals surface area contributed by atoms with Gasteiger partial charge in [0.25, 0.3) is 5.92 Å². The molecule has 0 bridgehead atoms. The zero-order valence-corrected chi connectivity index (χ0v) is 19.1. The molecule has 176 valence electrons. The molecule has 4 rings (SSSR count). The Kier molecular flexibility index (Phi) is 6.54. The molecule has 34 heavy (non-hydrogen) atoms. The van der Waals surface area contributed by atoms with E-state index in [0.29, 0.717) is 19.0 Å². The van der Waals surface area contributed by atoms with Crippen LogP contribution in [0.25, 0.3) is 11.1 Å². The molecule has 3 heterocycles. The number of alkyl halides is 2. The molecule has 9 heteroatoms. The minimum Gasteiger partial charge on any atom is -0.481 e. The Morgan fingerprint density at radius 2 is 1.88 bits per heavy atom. The fourth-order valence-electron chi connectivity index (χ4n) is 3.66. The number of hydrogen-bond donors (Lipinski definition) is 1. The lowest BCUT2D eigenvalue weighted by molar-refractivity contribution is -0.115. The van der Waals surface area contributed by atoms with Gasteiger partial charge in [0.15, 0.2) is 0 Å². The van der Waals surface area contributed by atoms with Crippen LogP contribution in [-0.4, -0.2) is 35.5 Å². The van der Waals surface area contributed by atoms with Gasteiger partial charge in [-0.25, -0.2) is 18.8 Å². The van der Waals surface area contributed by atoms with Crippen molar-refractivity contribution < 1.29 is 23.0 Å². The summed E-state index contributed by atoms with van der Waals surface area (Å²) in [5.41, 5.74) is 4.20. The third-order valence-electron chi connectivity index (χ3n) is 5.31. The SMILES string of the molecule is CCOC1=NCc2ncc(-c3ccc(CC(=O)Nc4cnc(OC)c(C(C)(F)F)c4)cc3)cc21. The molecule has 0 saturated carbocycles. The fraction of sp³-hybridized carbons (Fsp3) is 0.280. The number of rotatable bonds is 7. The van der Waals surface area contributed by atoms with E-state index in [1.165, 1.54) is 19.4 Å². The number of aromatic nitrogens is 2. The normalized spacial score (nSPS) is 12.7. The maximum atomic E-state index is 13.8. The molecular formula is C25H24F2N4O3. The Morgan fingerprint density at radius 3 is 2.56 bits per heavy atom. The molecule has 1 aliphatic heterocycles. The largest absolute Gasteiger partial charge is 0.481 e. The van der Waals surface area contributed by atoms with E-state index in [1.54, 1.807) is 6.20 Å². The Hall–Kier alpha value is -3.88. The highest BCUT2D eigenvalue weighted by molar-refractivity contribution is 5.98. The smallest absolute Gasteiger partial charge is 0.275 e. The molecular weight excluding hydrogens is 442 g/mol. The van der Waals surface area contributed by atoms with E-state index in [0.717, 1.165) is 34.9 Å². The zero-order valence-electron chi connectivity index (χ0n) is 19.1. The van der Waals surface area contributed by atoms with Gasteiger partial charge in [-0.3, -0.25) is 9.78 Å². The van der Waals surface area contributed by atoms with Crippen LogP contribution in [0.4, 0.5) is 14.5 Å². The number of carbonyl (C=O) groups is 1. The molecule has 0 saturated heterocycles. The lowest BCUT2D eigenvalue weighted by Crippen LogP contribution is -2.16. The Bertz CT molecular complexity index is 1240. The first-order valence-electron chi connectivity index (χ1n) is 10.8. The molecule has 1 aromatic carbocycles. The zero-order chi connectivity index (χ0) is 24.3. The van der Waals surface area contributed by atoms with Gasteiger partial charge in [0.05, 0.1) is 55.4 Å². The number of pyridine rings is 2. The minimum atomic E-state index is -3.16. The molecule has 7 nitrogen and oxygen atoms in total. The molecule has 0 spiro atoms. The first-order valence-corrected chi connectivity index (χ1v) is 10.8. The third kappa shape index (κ3) is 5.03. The fourth-order valence-corrected chi connectivity index (χ4v) is 3.66. The van der Waals surface area contributed by atoms with E-state index < -0.39 is 11.5 Å². The number of amides is 1. The molecule has 0 radical (unpaired) electrons. The number of methoxy groups -OCH3 is 1. The van der Waals surface area contributed by atoms with Gasteiger partial charge in [-0.05, 0) is 30.2 Å². The number of benzene rings is 1. The van der Waals surface area contributed by atoms with Gasteiger partial charge in [-0.2, -0.15) is 0 Å². The second-order valence-corrected chi connectivity index (χ2v) is 7.86. The molecule has 2 aromatic heterocycles. The maximum Gasteiger partial charge on any atom is 0.275 e. The number of nitrogens with zero attached hydrogens (tertiary/aromatic N) is 3. The highest BCUT2D eigenvalue weighted by Gasteiger charge is 2.30. The van der Waals surface area contributed by atoms with E-state index in [1.807, 2.05) is 37.3 Å². The van der Waals surface area contributed by atoms with Crippen molar-refractivity contribution in [3.63, 3.8) is 0 Å².